The SMILES string of the molecule is O=C(CN=C1NS(=O)(=O)c2ccccc21)Nc1ccccc1SC(F)F. The number of rotatable bonds is 5. The van der Waals surface area contributed by atoms with Gasteiger partial charge in [0.2, 0.25) is 5.91 Å². The number of amides is 1. The molecular formula is C16H13F2N3O3S2. The van der Waals surface area contributed by atoms with Crippen LogP contribution in [0.5, 0.6) is 0 Å². The molecule has 0 unspecified atom stereocenters. The highest BCUT2D eigenvalue weighted by atomic mass is 32.2. The number of fused-ring (bicyclic) bond motifs is 1. The van der Waals surface area contributed by atoms with Crippen molar-refractivity contribution in [2.24, 2.45) is 4.99 Å². The lowest BCUT2D eigenvalue weighted by Crippen LogP contribution is -2.24. The first kappa shape index (κ1) is 18.3. The lowest BCUT2D eigenvalue weighted by molar-refractivity contribution is -0.114. The number of amidine groups is 1. The Morgan fingerprint density at radius 3 is 2.62 bits per heavy atom. The van der Waals surface area contributed by atoms with Crippen molar-refractivity contribution in [2.45, 2.75) is 15.5 Å². The number of carbonyl (C=O) groups is 1. The van der Waals surface area contributed by atoms with Crippen molar-refractivity contribution >= 4 is 39.2 Å². The Kier molecular flexibility index (Phi) is 5.23. The Hall–Kier alpha value is -2.46. The molecule has 2 aromatic rings. The van der Waals surface area contributed by atoms with Crippen molar-refractivity contribution in [1.29, 1.82) is 0 Å². The van der Waals surface area contributed by atoms with E-state index in [1.165, 1.54) is 18.2 Å². The van der Waals surface area contributed by atoms with Gasteiger partial charge in [0.25, 0.3) is 15.8 Å². The summed E-state index contributed by atoms with van der Waals surface area (Å²) in [6, 6.07) is 12.4. The van der Waals surface area contributed by atoms with Crippen LogP contribution in [0.2, 0.25) is 0 Å². The van der Waals surface area contributed by atoms with Crippen LogP contribution in [0.25, 0.3) is 0 Å². The number of benzene rings is 2. The molecule has 10 heteroatoms. The van der Waals surface area contributed by atoms with E-state index in [-0.39, 0.29) is 27.9 Å². The lowest BCUT2D eigenvalue weighted by atomic mass is 10.2. The minimum Gasteiger partial charge on any atom is -0.323 e. The van der Waals surface area contributed by atoms with Crippen LogP contribution in [0, 0.1) is 0 Å². The number of alkyl halides is 2. The van der Waals surface area contributed by atoms with Gasteiger partial charge in [-0.15, -0.1) is 0 Å². The van der Waals surface area contributed by atoms with Crippen LogP contribution in [-0.4, -0.2) is 32.5 Å². The van der Waals surface area contributed by atoms with Gasteiger partial charge in [-0.25, -0.2) is 8.42 Å². The number of nitrogens with zero attached hydrogens (tertiary/aromatic N) is 1. The highest BCUT2D eigenvalue weighted by Crippen LogP contribution is 2.31. The maximum Gasteiger partial charge on any atom is 0.288 e. The number of hydrogen-bond donors (Lipinski definition) is 2. The third kappa shape index (κ3) is 4.02. The topological polar surface area (TPSA) is 87.6 Å². The molecule has 0 saturated carbocycles. The summed E-state index contributed by atoms with van der Waals surface area (Å²) in [6.07, 6.45) is 0. The minimum atomic E-state index is -3.68. The molecule has 0 atom stereocenters. The van der Waals surface area contributed by atoms with Crippen LogP contribution in [0.15, 0.2) is 63.3 Å². The van der Waals surface area contributed by atoms with Crippen molar-refractivity contribution < 1.29 is 22.0 Å². The first-order chi connectivity index (χ1) is 12.4. The molecule has 1 aliphatic heterocycles. The summed E-state index contributed by atoms with van der Waals surface area (Å²) in [5.74, 6) is -3.09. The average Bonchev–Trinajstić information content (AvgIpc) is 2.86. The Morgan fingerprint density at radius 2 is 1.85 bits per heavy atom. The zero-order valence-electron chi connectivity index (χ0n) is 13.1. The average molecular weight is 397 g/mol. The molecule has 2 aromatic carbocycles. The van der Waals surface area contributed by atoms with Gasteiger partial charge in [-0.05, 0) is 24.3 Å². The van der Waals surface area contributed by atoms with Crippen LogP contribution in [0.3, 0.4) is 0 Å². The minimum absolute atomic E-state index is 0.0750. The summed E-state index contributed by atoms with van der Waals surface area (Å²) >= 11 is 0.325. The molecule has 0 bridgehead atoms. The van der Waals surface area contributed by atoms with Crippen molar-refractivity contribution in [3.8, 4) is 0 Å². The molecule has 0 fully saturated rings. The number of sulfonamides is 1. The van der Waals surface area contributed by atoms with E-state index in [1.807, 2.05) is 0 Å². The van der Waals surface area contributed by atoms with Crippen LogP contribution < -0.4 is 10.0 Å². The van der Waals surface area contributed by atoms with Crippen molar-refractivity contribution in [2.75, 3.05) is 11.9 Å². The largest absolute Gasteiger partial charge is 0.323 e. The van der Waals surface area contributed by atoms with E-state index >= 15 is 0 Å². The van der Waals surface area contributed by atoms with E-state index in [2.05, 4.69) is 15.0 Å². The fourth-order valence-corrected chi connectivity index (χ4v) is 4.21. The molecule has 3 rings (SSSR count). The smallest absolute Gasteiger partial charge is 0.288 e. The first-order valence-corrected chi connectivity index (χ1v) is 9.73. The molecule has 6 nitrogen and oxygen atoms in total. The second-order valence-electron chi connectivity index (χ2n) is 5.19. The van der Waals surface area contributed by atoms with Crippen LogP contribution in [0.4, 0.5) is 14.5 Å². The Morgan fingerprint density at radius 1 is 1.15 bits per heavy atom. The maximum absolute atomic E-state index is 12.6. The van der Waals surface area contributed by atoms with Gasteiger partial charge in [0.15, 0.2) is 0 Å². The van der Waals surface area contributed by atoms with E-state index in [0.29, 0.717) is 17.3 Å². The fraction of sp³-hybridized carbons (Fsp3) is 0.125. The second-order valence-corrected chi connectivity index (χ2v) is 7.87. The quantitative estimate of drug-likeness (QED) is 0.760. The van der Waals surface area contributed by atoms with Crippen molar-refractivity contribution in [3.63, 3.8) is 0 Å². The van der Waals surface area contributed by atoms with Crippen LogP contribution >= 0.6 is 11.8 Å². The van der Waals surface area contributed by atoms with Crippen LogP contribution in [-0.2, 0) is 14.8 Å². The van der Waals surface area contributed by atoms with Gasteiger partial charge in [-0.1, -0.05) is 36.0 Å². The number of anilines is 1. The third-order valence-electron chi connectivity index (χ3n) is 3.42. The molecule has 1 amide bonds. The van der Waals surface area contributed by atoms with E-state index in [4.69, 9.17) is 0 Å². The monoisotopic (exact) mass is 397 g/mol. The molecule has 0 aliphatic carbocycles. The van der Waals surface area contributed by atoms with E-state index in [0.717, 1.165) is 0 Å². The molecule has 136 valence electrons. The molecule has 1 heterocycles. The second kappa shape index (κ2) is 7.42. The number of hydrogen-bond acceptors (Lipinski definition) is 5. The van der Waals surface area contributed by atoms with Gasteiger partial charge in [0.1, 0.15) is 12.4 Å². The zero-order chi connectivity index (χ0) is 18.7. The standard InChI is InChI=1S/C16H13F2N3O3S2/c17-16(18)25-12-7-3-2-6-11(12)20-14(22)9-19-15-10-5-1-4-8-13(10)26(23,24)21-15/h1-8,16H,9H2,(H,19,21)(H,20,22). The summed E-state index contributed by atoms with van der Waals surface area (Å²) in [7, 11) is -3.68. The molecule has 0 aromatic heterocycles. The Balaban J connectivity index is 1.74. The number of carbonyl (C=O) groups excluding carboxylic acids is 1. The Labute approximate surface area is 152 Å². The number of aliphatic imine (C=N–C) groups is 1. The predicted octanol–water partition coefficient (Wildman–Crippen LogP) is 2.68. The number of thioether (sulfide) groups is 1. The zero-order valence-corrected chi connectivity index (χ0v) is 14.8. The molecule has 2 N–H and O–H groups in total. The number of halogens is 2. The molecule has 0 saturated heterocycles. The number of para-hydroxylation sites is 1. The van der Waals surface area contributed by atoms with E-state index < -0.39 is 21.7 Å². The van der Waals surface area contributed by atoms with E-state index in [1.54, 1.807) is 30.3 Å². The normalized spacial score (nSPS) is 16.3. The summed E-state index contributed by atoms with van der Waals surface area (Å²) < 4.78 is 51.4. The third-order valence-corrected chi connectivity index (χ3v) is 5.61. The maximum atomic E-state index is 12.6. The van der Waals surface area contributed by atoms with Gasteiger partial charge >= 0.3 is 0 Å². The highest BCUT2D eigenvalue weighted by molar-refractivity contribution is 7.99. The summed E-state index contributed by atoms with van der Waals surface area (Å²) in [5, 5.41) is 2.51. The summed E-state index contributed by atoms with van der Waals surface area (Å²) in [4.78, 5) is 16.4. The fourth-order valence-electron chi connectivity index (χ4n) is 2.36. The van der Waals surface area contributed by atoms with Gasteiger partial charge in [0.05, 0.1) is 10.6 Å². The summed E-state index contributed by atoms with van der Waals surface area (Å²) in [5.41, 5.74) is 0.629. The molecule has 0 spiro atoms. The van der Waals surface area contributed by atoms with Gasteiger partial charge in [0, 0.05) is 10.5 Å². The van der Waals surface area contributed by atoms with Crippen molar-refractivity contribution in [3.05, 3.63) is 54.1 Å². The summed E-state index contributed by atoms with van der Waals surface area (Å²) in [6.45, 7) is -0.361. The first-order valence-electron chi connectivity index (χ1n) is 7.37. The molecule has 0 radical (unpaired) electrons. The molecule has 1 aliphatic rings. The van der Waals surface area contributed by atoms with Crippen LogP contribution in [0.1, 0.15) is 5.56 Å². The Bertz CT molecular complexity index is 978. The van der Waals surface area contributed by atoms with Gasteiger partial charge in [-0.3, -0.25) is 14.5 Å². The molecule has 26 heavy (non-hydrogen) atoms. The molecular weight excluding hydrogens is 384 g/mol. The lowest BCUT2D eigenvalue weighted by Gasteiger charge is -2.09. The number of nitrogens with one attached hydrogen (secondary N) is 2. The van der Waals surface area contributed by atoms with E-state index in [9.17, 15) is 22.0 Å². The highest BCUT2D eigenvalue weighted by Gasteiger charge is 2.30. The predicted molar refractivity (Wildman–Crippen MR) is 95.1 cm³/mol. The van der Waals surface area contributed by atoms with Crippen molar-refractivity contribution in [1.82, 2.24) is 4.72 Å². The van der Waals surface area contributed by atoms with Gasteiger partial charge < -0.3 is 5.32 Å². The van der Waals surface area contributed by atoms with Gasteiger partial charge in [-0.2, -0.15) is 8.78 Å².